The van der Waals surface area contributed by atoms with Gasteiger partial charge in [-0.2, -0.15) is 0 Å². The highest BCUT2D eigenvalue weighted by molar-refractivity contribution is 7.90. The van der Waals surface area contributed by atoms with Gasteiger partial charge in [-0.25, -0.2) is 12.8 Å². The molecule has 2 aromatic heterocycles. The van der Waals surface area contributed by atoms with E-state index in [-0.39, 0.29) is 34.3 Å². The zero-order valence-corrected chi connectivity index (χ0v) is 18.1. The first-order valence-electron chi connectivity index (χ1n) is 9.91. The van der Waals surface area contributed by atoms with Gasteiger partial charge < -0.3 is 14.5 Å². The molecule has 7 nitrogen and oxygen atoms in total. The van der Waals surface area contributed by atoms with Crippen molar-refractivity contribution in [3.8, 4) is 11.5 Å². The van der Waals surface area contributed by atoms with Crippen LogP contribution in [0.3, 0.4) is 0 Å². The van der Waals surface area contributed by atoms with Crippen LogP contribution in [0, 0.1) is 5.82 Å². The third kappa shape index (κ3) is 5.45. The maximum Gasteiger partial charge on any atom is 0.287 e. The number of furan rings is 1. The van der Waals surface area contributed by atoms with Crippen molar-refractivity contribution in [2.24, 2.45) is 0 Å². The number of carbonyl (C=O) groups excluding carboxylic acids is 1. The Hall–Kier alpha value is -3.98. The number of pyridine rings is 1. The first-order valence-corrected chi connectivity index (χ1v) is 11.6. The van der Waals surface area contributed by atoms with Gasteiger partial charge in [0.2, 0.25) is 0 Å². The van der Waals surface area contributed by atoms with Crippen molar-refractivity contribution in [3.63, 3.8) is 0 Å². The third-order valence-corrected chi connectivity index (χ3v) is 6.39. The second-order valence-corrected chi connectivity index (χ2v) is 9.07. The van der Waals surface area contributed by atoms with Crippen molar-refractivity contribution < 1.29 is 26.8 Å². The van der Waals surface area contributed by atoms with Crippen LogP contribution < -0.4 is 10.1 Å². The number of aromatic nitrogens is 1. The van der Waals surface area contributed by atoms with Crippen molar-refractivity contribution in [1.29, 1.82) is 0 Å². The first-order chi connectivity index (χ1) is 15.9. The summed E-state index contributed by atoms with van der Waals surface area (Å²) in [6.45, 7) is 0.00843. The maximum atomic E-state index is 14.4. The lowest BCUT2D eigenvalue weighted by Crippen LogP contribution is -2.24. The smallest absolute Gasteiger partial charge is 0.287 e. The molecule has 1 amide bonds. The summed E-state index contributed by atoms with van der Waals surface area (Å²) in [5, 5.41) is 2.62. The van der Waals surface area contributed by atoms with Crippen molar-refractivity contribution in [2.75, 3.05) is 0 Å². The van der Waals surface area contributed by atoms with E-state index in [1.165, 1.54) is 42.8 Å². The summed E-state index contributed by atoms with van der Waals surface area (Å²) in [6, 6.07) is 17.0. The number of hydrogen-bond donors (Lipinski definition) is 1. The molecule has 0 aliphatic rings. The average molecular weight is 466 g/mol. The summed E-state index contributed by atoms with van der Waals surface area (Å²) in [5.74, 6) is -1.27. The lowest BCUT2D eigenvalue weighted by atomic mass is 10.2. The molecule has 33 heavy (non-hydrogen) atoms. The molecular formula is C24H19FN2O5S. The number of benzene rings is 2. The number of ether oxygens (including phenoxy) is 1. The van der Waals surface area contributed by atoms with E-state index in [0.717, 1.165) is 0 Å². The van der Waals surface area contributed by atoms with Gasteiger partial charge in [-0.05, 0) is 48.0 Å². The Balaban J connectivity index is 1.41. The molecule has 0 aliphatic heterocycles. The molecule has 0 radical (unpaired) electrons. The number of rotatable bonds is 8. The molecule has 2 heterocycles. The minimum absolute atomic E-state index is 0.00843. The Morgan fingerprint density at radius 2 is 1.88 bits per heavy atom. The number of carbonyl (C=O) groups is 1. The van der Waals surface area contributed by atoms with E-state index in [1.807, 2.05) is 0 Å². The number of nitrogens with zero attached hydrogens (tertiary/aromatic N) is 1. The van der Waals surface area contributed by atoms with E-state index >= 15 is 0 Å². The quantitative estimate of drug-likeness (QED) is 0.410. The number of amides is 1. The van der Waals surface area contributed by atoms with E-state index < -0.39 is 21.6 Å². The Bertz CT molecular complexity index is 1360. The minimum Gasteiger partial charge on any atom is -0.459 e. The Kier molecular flexibility index (Phi) is 6.50. The number of hydrogen-bond acceptors (Lipinski definition) is 6. The van der Waals surface area contributed by atoms with Gasteiger partial charge in [-0.3, -0.25) is 9.78 Å². The predicted octanol–water partition coefficient (Wildman–Crippen LogP) is 4.51. The summed E-state index contributed by atoms with van der Waals surface area (Å²) in [7, 11) is -3.65. The highest BCUT2D eigenvalue weighted by Gasteiger charge is 2.22. The fourth-order valence-corrected chi connectivity index (χ4v) is 4.47. The van der Waals surface area contributed by atoms with Crippen LogP contribution in [-0.4, -0.2) is 19.3 Å². The molecule has 168 valence electrons. The van der Waals surface area contributed by atoms with E-state index in [1.54, 1.807) is 42.6 Å². The van der Waals surface area contributed by atoms with Crippen LogP contribution in [0.2, 0.25) is 0 Å². The van der Waals surface area contributed by atoms with Crippen LogP contribution in [0.1, 0.15) is 21.7 Å². The fourth-order valence-electron chi connectivity index (χ4n) is 3.10. The molecule has 4 aromatic rings. The molecule has 0 unspecified atom stereocenters. The maximum absolute atomic E-state index is 14.4. The number of sulfone groups is 1. The van der Waals surface area contributed by atoms with Crippen LogP contribution in [0.15, 0.2) is 94.7 Å². The van der Waals surface area contributed by atoms with Crippen molar-refractivity contribution in [2.45, 2.75) is 17.2 Å². The van der Waals surface area contributed by atoms with Crippen LogP contribution in [-0.2, 0) is 22.1 Å². The number of halogens is 1. The summed E-state index contributed by atoms with van der Waals surface area (Å²) < 4.78 is 50.3. The monoisotopic (exact) mass is 466 g/mol. The first kappa shape index (κ1) is 22.2. The average Bonchev–Trinajstić information content (AvgIpc) is 3.28. The van der Waals surface area contributed by atoms with Gasteiger partial charge in [0.1, 0.15) is 5.75 Å². The van der Waals surface area contributed by atoms with Gasteiger partial charge in [0.25, 0.3) is 5.91 Å². The molecule has 0 bridgehead atoms. The lowest BCUT2D eigenvalue weighted by Gasteiger charge is -2.09. The zero-order valence-electron chi connectivity index (χ0n) is 17.3. The summed E-state index contributed by atoms with van der Waals surface area (Å²) in [5.41, 5.74) is 0.729. The lowest BCUT2D eigenvalue weighted by molar-refractivity contribution is 0.0922. The molecule has 0 saturated heterocycles. The predicted molar refractivity (Wildman–Crippen MR) is 118 cm³/mol. The van der Waals surface area contributed by atoms with Crippen molar-refractivity contribution in [3.05, 3.63) is 108 Å². The van der Waals surface area contributed by atoms with Gasteiger partial charge in [-0.1, -0.05) is 24.3 Å². The minimum atomic E-state index is -3.65. The summed E-state index contributed by atoms with van der Waals surface area (Å²) in [6.07, 6.45) is 4.30. The van der Waals surface area contributed by atoms with E-state index in [0.29, 0.717) is 11.3 Å². The van der Waals surface area contributed by atoms with Crippen molar-refractivity contribution in [1.82, 2.24) is 10.3 Å². The topological polar surface area (TPSA) is 98.5 Å². The highest BCUT2D eigenvalue weighted by Crippen LogP contribution is 2.25. The molecule has 4 rings (SSSR count). The molecule has 0 spiro atoms. The molecule has 2 aromatic carbocycles. The molecular weight excluding hydrogens is 447 g/mol. The zero-order chi connectivity index (χ0) is 23.3. The van der Waals surface area contributed by atoms with Crippen LogP contribution in [0.5, 0.6) is 11.5 Å². The molecule has 0 fully saturated rings. The van der Waals surface area contributed by atoms with Gasteiger partial charge in [0, 0.05) is 18.3 Å². The van der Waals surface area contributed by atoms with Crippen molar-refractivity contribution >= 4 is 15.7 Å². The van der Waals surface area contributed by atoms with E-state index in [4.69, 9.17) is 9.15 Å². The largest absolute Gasteiger partial charge is 0.459 e. The fraction of sp³-hybridized carbons (Fsp3) is 0.0833. The van der Waals surface area contributed by atoms with Gasteiger partial charge in [-0.15, -0.1) is 0 Å². The molecule has 0 atom stereocenters. The number of nitrogens with one attached hydrogen (secondary N) is 1. The molecule has 1 N–H and O–H groups in total. The van der Waals surface area contributed by atoms with Crippen LogP contribution >= 0.6 is 0 Å². The Morgan fingerprint density at radius 1 is 1.06 bits per heavy atom. The Morgan fingerprint density at radius 3 is 2.61 bits per heavy atom. The summed E-state index contributed by atoms with van der Waals surface area (Å²) >= 11 is 0. The van der Waals surface area contributed by atoms with Gasteiger partial charge in [0.05, 0.1) is 23.1 Å². The second-order valence-electron chi connectivity index (χ2n) is 7.09. The standard InChI is InChI=1S/C24H19FN2O5S/c25-21-13-17(8-9-22(21)32-19-5-4-11-26-15-19)14-27-24(28)23-18(10-12-31-23)16-33(29,30)20-6-2-1-3-7-20/h1-13,15H,14,16H2,(H,27,28). The van der Waals surface area contributed by atoms with Gasteiger partial charge in [0.15, 0.2) is 27.2 Å². The third-order valence-electron chi connectivity index (χ3n) is 4.71. The van der Waals surface area contributed by atoms with E-state index in [9.17, 15) is 17.6 Å². The van der Waals surface area contributed by atoms with Gasteiger partial charge >= 0.3 is 0 Å². The Labute approximate surface area is 189 Å². The highest BCUT2D eigenvalue weighted by atomic mass is 32.2. The SMILES string of the molecule is O=C(NCc1ccc(Oc2cccnc2)c(F)c1)c1occc1CS(=O)(=O)c1ccccc1. The second kappa shape index (κ2) is 9.66. The van der Waals surface area contributed by atoms with Crippen LogP contribution in [0.4, 0.5) is 4.39 Å². The normalized spacial score (nSPS) is 11.2. The van der Waals surface area contributed by atoms with E-state index in [2.05, 4.69) is 10.3 Å². The summed E-state index contributed by atoms with van der Waals surface area (Å²) in [4.78, 5) is 16.7. The molecule has 9 heteroatoms. The van der Waals surface area contributed by atoms with Crippen LogP contribution in [0.25, 0.3) is 0 Å². The molecule has 0 aliphatic carbocycles. The molecule has 0 saturated carbocycles.